The van der Waals surface area contributed by atoms with E-state index >= 15 is 0 Å². The van der Waals surface area contributed by atoms with Crippen molar-refractivity contribution in [1.82, 2.24) is 10.2 Å². The fourth-order valence-electron chi connectivity index (χ4n) is 4.12. The molecule has 5 rings (SSSR count). The van der Waals surface area contributed by atoms with E-state index in [1.54, 1.807) is 24.1 Å². The molecule has 3 aromatic rings. The number of ether oxygens (including phenoxy) is 1. The number of para-hydroxylation sites is 1. The standard InChI is InChI=1S/C28H25FN4O3S/c1-36-21-12-8-18(9-13-21)16-30-25(34)15-14-24-27(35)33-26(31-24)22-4-2-3-5-23(22)32-28(33)37-17-19-6-10-20(29)11-7-19/h2-13,24H,14-17H2,1H3,(H,30,34)/t24-/m1/s1. The summed E-state index contributed by atoms with van der Waals surface area (Å²) >= 11 is 1.40. The molecular formula is C28H25FN4O3S. The lowest BCUT2D eigenvalue weighted by molar-refractivity contribution is -0.125. The molecule has 9 heteroatoms. The molecule has 37 heavy (non-hydrogen) atoms. The molecule has 0 bridgehead atoms. The smallest absolute Gasteiger partial charge is 0.259 e. The second-order valence-corrected chi connectivity index (χ2v) is 9.57. The van der Waals surface area contributed by atoms with Crippen LogP contribution >= 0.6 is 11.8 Å². The molecule has 0 saturated carbocycles. The molecule has 0 radical (unpaired) electrons. The summed E-state index contributed by atoms with van der Waals surface area (Å²) in [5.74, 6) is 1.20. The van der Waals surface area contributed by atoms with E-state index in [-0.39, 0.29) is 24.1 Å². The quantitative estimate of drug-likeness (QED) is 0.465. The third kappa shape index (κ3) is 5.56. The Labute approximate surface area is 218 Å². The zero-order valence-electron chi connectivity index (χ0n) is 20.2. The zero-order valence-corrected chi connectivity index (χ0v) is 21.0. The van der Waals surface area contributed by atoms with Gasteiger partial charge in [0.15, 0.2) is 5.17 Å². The first kappa shape index (κ1) is 24.7. The summed E-state index contributed by atoms with van der Waals surface area (Å²) < 4.78 is 18.4. The van der Waals surface area contributed by atoms with E-state index in [1.807, 2.05) is 48.5 Å². The number of amides is 2. The van der Waals surface area contributed by atoms with Gasteiger partial charge in [0.2, 0.25) is 5.91 Å². The Hall–Kier alpha value is -3.98. The van der Waals surface area contributed by atoms with Crippen LogP contribution in [0.25, 0.3) is 0 Å². The monoisotopic (exact) mass is 516 g/mol. The molecule has 188 valence electrons. The Morgan fingerprint density at radius 1 is 1.05 bits per heavy atom. The van der Waals surface area contributed by atoms with Crippen molar-refractivity contribution < 1.29 is 18.7 Å². The predicted octanol–water partition coefficient (Wildman–Crippen LogP) is 4.82. The van der Waals surface area contributed by atoms with Crippen LogP contribution in [0.2, 0.25) is 0 Å². The van der Waals surface area contributed by atoms with Gasteiger partial charge in [0, 0.05) is 24.3 Å². The number of carbonyl (C=O) groups excluding carboxylic acids is 2. The van der Waals surface area contributed by atoms with Crippen LogP contribution in [0, 0.1) is 5.82 Å². The van der Waals surface area contributed by atoms with Gasteiger partial charge in [-0.15, -0.1) is 0 Å². The van der Waals surface area contributed by atoms with Crippen molar-refractivity contribution in [2.24, 2.45) is 9.98 Å². The third-order valence-corrected chi connectivity index (χ3v) is 7.13. The fraction of sp³-hybridized carbons (Fsp3) is 0.214. The minimum absolute atomic E-state index is 0.145. The number of amidine groups is 2. The van der Waals surface area contributed by atoms with Crippen molar-refractivity contribution in [3.05, 3.63) is 95.3 Å². The Morgan fingerprint density at radius 2 is 1.78 bits per heavy atom. The van der Waals surface area contributed by atoms with Crippen molar-refractivity contribution in [2.45, 2.75) is 31.2 Å². The average Bonchev–Trinajstić information content (AvgIpc) is 3.27. The molecule has 0 spiro atoms. The van der Waals surface area contributed by atoms with Gasteiger partial charge in [0.25, 0.3) is 5.91 Å². The number of benzene rings is 3. The van der Waals surface area contributed by atoms with Crippen molar-refractivity contribution in [1.29, 1.82) is 0 Å². The van der Waals surface area contributed by atoms with Crippen molar-refractivity contribution in [3.8, 4) is 5.75 Å². The highest BCUT2D eigenvalue weighted by Gasteiger charge is 2.41. The first-order chi connectivity index (χ1) is 18.0. The maximum atomic E-state index is 13.4. The summed E-state index contributed by atoms with van der Waals surface area (Å²) in [7, 11) is 1.61. The van der Waals surface area contributed by atoms with Crippen LogP contribution in [0.15, 0.2) is 82.8 Å². The minimum atomic E-state index is -0.662. The van der Waals surface area contributed by atoms with Gasteiger partial charge in [-0.2, -0.15) is 0 Å². The van der Waals surface area contributed by atoms with E-state index in [1.165, 1.54) is 23.9 Å². The van der Waals surface area contributed by atoms with Crippen LogP contribution in [0.1, 0.15) is 29.5 Å². The van der Waals surface area contributed by atoms with Gasteiger partial charge in [-0.25, -0.2) is 14.3 Å². The molecule has 0 fully saturated rings. The van der Waals surface area contributed by atoms with Crippen LogP contribution in [-0.4, -0.2) is 40.9 Å². The highest BCUT2D eigenvalue weighted by Crippen LogP contribution is 2.35. The van der Waals surface area contributed by atoms with E-state index in [0.717, 1.165) is 28.1 Å². The number of fused-ring (bicyclic) bond motifs is 3. The van der Waals surface area contributed by atoms with E-state index in [0.29, 0.717) is 29.7 Å². The summed E-state index contributed by atoms with van der Waals surface area (Å²) in [6.07, 6.45) is 0.472. The topological polar surface area (TPSA) is 83.4 Å². The number of nitrogens with one attached hydrogen (secondary N) is 1. The molecule has 0 saturated heterocycles. The van der Waals surface area contributed by atoms with Gasteiger partial charge in [-0.1, -0.05) is 48.2 Å². The molecule has 0 aromatic heterocycles. The van der Waals surface area contributed by atoms with Gasteiger partial charge < -0.3 is 10.1 Å². The summed E-state index contributed by atoms with van der Waals surface area (Å²) in [4.78, 5) is 36.9. The zero-order chi connectivity index (χ0) is 25.8. The molecule has 2 aliphatic rings. The fourth-order valence-corrected chi connectivity index (χ4v) is 5.07. The lowest BCUT2D eigenvalue weighted by atomic mass is 10.1. The number of thioether (sulfide) groups is 1. The highest BCUT2D eigenvalue weighted by atomic mass is 32.2. The molecule has 2 heterocycles. The van der Waals surface area contributed by atoms with Crippen molar-refractivity contribution in [2.75, 3.05) is 7.11 Å². The first-order valence-electron chi connectivity index (χ1n) is 11.9. The largest absolute Gasteiger partial charge is 0.497 e. The first-order valence-corrected chi connectivity index (χ1v) is 12.9. The number of nitrogens with zero attached hydrogens (tertiary/aromatic N) is 3. The second kappa shape index (κ2) is 11.0. The second-order valence-electron chi connectivity index (χ2n) is 8.63. The number of methoxy groups -OCH3 is 1. The van der Waals surface area contributed by atoms with E-state index in [2.05, 4.69) is 5.32 Å². The Bertz CT molecular complexity index is 1370. The summed E-state index contributed by atoms with van der Waals surface area (Å²) in [6, 6.07) is 20.6. The van der Waals surface area contributed by atoms with Crippen LogP contribution in [0.4, 0.5) is 10.1 Å². The molecule has 1 atom stereocenters. The number of carbonyl (C=O) groups is 2. The van der Waals surface area contributed by atoms with Gasteiger partial charge in [0.05, 0.1) is 12.8 Å². The van der Waals surface area contributed by atoms with Gasteiger partial charge in [-0.3, -0.25) is 14.6 Å². The van der Waals surface area contributed by atoms with E-state index in [4.69, 9.17) is 14.7 Å². The molecule has 1 N–H and O–H groups in total. The van der Waals surface area contributed by atoms with Gasteiger partial charge >= 0.3 is 0 Å². The molecule has 2 aliphatic heterocycles. The van der Waals surface area contributed by atoms with Crippen LogP contribution in [0.3, 0.4) is 0 Å². The Balaban J connectivity index is 1.25. The lowest BCUT2D eigenvalue weighted by Crippen LogP contribution is -2.41. The number of rotatable bonds is 8. The normalized spacial score (nSPS) is 16.0. The maximum Gasteiger partial charge on any atom is 0.259 e. The summed E-state index contributed by atoms with van der Waals surface area (Å²) in [5, 5.41) is 3.42. The van der Waals surface area contributed by atoms with Crippen LogP contribution in [-0.2, 0) is 21.9 Å². The minimum Gasteiger partial charge on any atom is -0.497 e. The van der Waals surface area contributed by atoms with Crippen molar-refractivity contribution >= 4 is 40.3 Å². The Morgan fingerprint density at radius 3 is 2.54 bits per heavy atom. The van der Waals surface area contributed by atoms with Gasteiger partial charge in [-0.05, 0) is 53.9 Å². The SMILES string of the molecule is COc1ccc(CNC(=O)CC[C@H]2N=C3c4ccccc4N=C(SCc4ccc(F)cc4)N3C2=O)cc1. The summed E-state index contributed by atoms with van der Waals surface area (Å²) in [5.41, 5.74) is 3.40. The Kier molecular flexibility index (Phi) is 7.32. The van der Waals surface area contributed by atoms with Crippen LogP contribution < -0.4 is 10.1 Å². The highest BCUT2D eigenvalue weighted by molar-refractivity contribution is 8.13. The van der Waals surface area contributed by atoms with E-state index in [9.17, 15) is 14.0 Å². The number of hydrogen-bond acceptors (Lipinski definition) is 6. The van der Waals surface area contributed by atoms with E-state index < -0.39 is 6.04 Å². The molecule has 3 aromatic carbocycles. The molecule has 0 unspecified atom stereocenters. The van der Waals surface area contributed by atoms with Crippen molar-refractivity contribution in [3.63, 3.8) is 0 Å². The number of aliphatic imine (C=N–C) groups is 2. The van der Waals surface area contributed by atoms with Gasteiger partial charge in [0.1, 0.15) is 23.4 Å². The number of halogens is 1. The summed E-state index contributed by atoms with van der Waals surface area (Å²) in [6.45, 7) is 0.395. The molecule has 0 aliphatic carbocycles. The van der Waals surface area contributed by atoms with Crippen LogP contribution in [0.5, 0.6) is 5.75 Å². The predicted molar refractivity (Wildman–Crippen MR) is 142 cm³/mol. The lowest BCUT2D eigenvalue weighted by Gasteiger charge is -2.25. The third-order valence-electron chi connectivity index (χ3n) is 6.12. The maximum absolute atomic E-state index is 13.4. The molecule has 7 nitrogen and oxygen atoms in total. The average molecular weight is 517 g/mol. The molecular weight excluding hydrogens is 491 g/mol. The number of hydrogen-bond donors (Lipinski definition) is 1. The molecule has 2 amide bonds.